The molecule has 0 saturated heterocycles. The Morgan fingerprint density at radius 3 is 1.08 bits per heavy atom. The highest BCUT2D eigenvalue weighted by atomic mass is 16.7. The molecule has 10 aromatic carbocycles. The van der Waals surface area contributed by atoms with Crippen LogP contribution in [0.4, 0.5) is 4.79 Å². The summed E-state index contributed by atoms with van der Waals surface area (Å²) in [5.41, 5.74) is 7.31. The van der Waals surface area contributed by atoms with Crippen molar-refractivity contribution in [3.8, 4) is 46.0 Å². The van der Waals surface area contributed by atoms with E-state index < -0.39 is 42.0 Å². The molecule has 0 aliphatic carbocycles. The molecule has 0 bridgehead atoms. The van der Waals surface area contributed by atoms with Gasteiger partial charge >= 0.3 is 12.2 Å². The summed E-state index contributed by atoms with van der Waals surface area (Å²) in [4.78, 5) is 84.3. The van der Waals surface area contributed by atoms with Gasteiger partial charge in [0.1, 0.15) is 73.7 Å². The number of benzene rings is 10. The van der Waals surface area contributed by atoms with E-state index in [0.29, 0.717) is 50.4 Å². The molecule has 0 unspecified atom stereocenters. The predicted octanol–water partition coefficient (Wildman–Crippen LogP) is 16.6. The zero-order valence-electron chi connectivity index (χ0n) is 57.0. The fourth-order valence-corrected chi connectivity index (χ4v) is 12.4. The second kappa shape index (κ2) is 32.1. The minimum atomic E-state index is -1.02. The average molecular weight is 1370 g/mol. The predicted molar refractivity (Wildman–Crippen MR) is 386 cm³/mol. The third-order valence-corrected chi connectivity index (χ3v) is 17.3. The number of diazo groups is 1. The number of pyridine rings is 2. The van der Waals surface area contributed by atoms with Crippen LogP contribution >= 0.6 is 0 Å². The van der Waals surface area contributed by atoms with Crippen molar-refractivity contribution in [3.05, 3.63) is 327 Å². The van der Waals surface area contributed by atoms with Gasteiger partial charge in [0.25, 0.3) is 23.6 Å². The van der Waals surface area contributed by atoms with Gasteiger partial charge in [0.2, 0.25) is 5.39 Å². The average Bonchev–Trinajstić information content (AvgIpc) is 1.63. The van der Waals surface area contributed by atoms with Crippen molar-refractivity contribution in [3.63, 3.8) is 0 Å². The van der Waals surface area contributed by atoms with E-state index in [1.807, 2.05) is 182 Å². The Labute approximate surface area is 593 Å². The molecule has 0 atom stereocenters. The third-order valence-electron chi connectivity index (χ3n) is 17.3. The fourth-order valence-electron chi connectivity index (χ4n) is 12.4. The summed E-state index contributed by atoms with van der Waals surface area (Å²) < 4.78 is 51.7. The maximum atomic E-state index is 14.4. The molecule has 2 aromatic heterocycles. The first-order valence-electron chi connectivity index (χ1n) is 32.8. The second-order valence-electron chi connectivity index (χ2n) is 23.3. The lowest BCUT2D eigenvalue weighted by Gasteiger charge is -2.23. The van der Waals surface area contributed by atoms with Gasteiger partial charge in [-0.3, -0.25) is 38.9 Å². The number of imide groups is 2. The fraction of sp³-hybridized carbons (Fsp3) is 0.145. The number of fused-ring (bicyclic) bond motifs is 4. The van der Waals surface area contributed by atoms with Gasteiger partial charge in [-0.05, 0) is 77.7 Å². The number of carbonyl (C=O) groups is 5. The van der Waals surface area contributed by atoms with Gasteiger partial charge in [-0.1, -0.05) is 182 Å². The number of aromatic nitrogens is 2. The molecule has 0 N–H and O–H groups in total. The molecule has 20 heteroatoms. The van der Waals surface area contributed by atoms with Crippen LogP contribution in [-0.2, 0) is 17.8 Å². The molecule has 0 spiro atoms. The Bertz CT molecular complexity index is 4990. The molecule has 4 amide bonds. The van der Waals surface area contributed by atoms with Crippen LogP contribution in [0.2, 0.25) is 0 Å². The molecule has 2 aliphatic heterocycles. The van der Waals surface area contributed by atoms with Crippen molar-refractivity contribution in [1.29, 1.82) is 5.39 Å². The van der Waals surface area contributed by atoms with Crippen molar-refractivity contribution in [2.45, 2.75) is 38.3 Å². The first-order valence-corrected chi connectivity index (χ1v) is 32.8. The largest absolute Gasteiger partial charge is 0.513 e. The summed E-state index contributed by atoms with van der Waals surface area (Å²) in [6, 6.07) is 74.9. The number of nitrogens with zero attached hydrogens (tertiary/aromatic N) is 6. The molecule has 0 fully saturated rings. The van der Waals surface area contributed by atoms with Crippen LogP contribution in [0.5, 0.6) is 46.0 Å². The molecule has 4 heterocycles. The van der Waals surface area contributed by atoms with Crippen LogP contribution in [0.1, 0.15) is 111 Å². The molecule has 14 rings (SSSR count). The summed E-state index contributed by atoms with van der Waals surface area (Å²) >= 11 is 0. The van der Waals surface area contributed by atoms with Gasteiger partial charge in [0, 0.05) is 57.6 Å². The lowest BCUT2D eigenvalue weighted by Crippen LogP contribution is -2.29. The molecule has 0 saturated carbocycles. The number of rotatable bonds is 21. The third kappa shape index (κ3) is 14.6. The molecule has 103 heavy (non-hydrogen) atoms. The molecule has 12 aromatic rings. The number of carbonyl (C=O) groups excluding carboxylic acids is 5. The Morgan fingerprint density at radius 2 is 0.748 bits per heavy atom. The molecule has 514 valence electrons. The maximum absolute atomic E-state index is 14.4. The van der Waals surface area contributed by atoms with Crippen LogP contribution in [0, 0.1) is 5.39 Å². The molecule has 20 nitrogen and oxygen atoms in total. The van der Waals surface area contributed by atoms with E-state index in [1.54, 1.807) is 80.9 Å². The van der Waals surface area contributed by atoms with Gasteiger partial charge in [-0.25, -0.2) is 4.79 Å². The maximum Gasteiger partial charge on any atom is 0.513 e. The van der Waals surface area contributed by atoms with E-state index in [4.69, 9.17) is 48.0 Å². The summed E-state index contributed by atoms with van der Waals surface area (Å²) in [7, 11) is 7.59. The highest BCUT2D eigenvalue weighted by molar-refractivity contribution is 6.28. The van der Waals surface area contributed by atoms with Gasteiger partial charge in [0.05, 0.1) is 60.8 Å². The van der Waals surface area contributed by atoms with E-state index in [1.165, 1.54) is 39.5 Å². The molecular weight excluding hydrogens is 1300 g/mol. The monoisotopic (exact) mass is 1370 g/mol. The van der Waals surface area contributed by atoms with Crippen molar-refractivity contribution in [2.24, 2.45) is 0 Å². The van der Waals surface area contributed by atoms with Crippen molar-refractivity contribution in [1.82, 2.24) is 19.8 Å². The van der Waals surface area contributed by atoms with E-state index in [0.717, 1.165) is 38.3 Å². The second-order valence-corrected chi connectivity index (χ2v) is 23.3. The molecular formula is C83H69N6O14+. The Hall–Kier alpha value is -13.4. The van der Waals surface area contributed by atoms with E-state index in [-0.39, 0.29) is 76.5 Å². The zero-order valence-corrected chi connectivity index (χ0v) is 57.0. The minimum Gasteiger partial charge on any atom is -0.497 e. The quantitative estimate of drug-likeness (QED) is 0.0282. The number of ether oxygens (including phenoxy) is 9. The number of methoxy groups -OCH3 is 5. The lowest BCUT2D eigenvalue weighted by molar-refractivity contribution is 0.0622. The normalized spacial score (nSPS) is 12.0. The smallest absolute Gasteiger partial charge is 0.497 e. The number of hydrogen-bond donors (Lipinski definition) is 0. The van der Waals surface area contributed by atoms with Gasteiger partial charge in [-0.15, -0.1) is 0 Å². The van der Waals surface area contributed by atoms with E-state index in [9.17, 15) is 24.0 Å². The topological polar surface area (TPSA) is 229 Å². The number of hydrogen-bond acceptors (Lipinski definition) is 17. The molecule has 2 aliphatic rings. The Kier molecular flexibility index (Phi) is 21.6. The van der Waals surface area contributed by atoms with Crippen molar-refractivity contribution < 1.29 is 66.6 Å². The highest BCUT2D eigenvalue weighted by Crippen LogP contribution is 2.49. The summed E-state index contributed by atoms with van der Waals surface area (Å²) in [5.74, 6) is 0.201. The number of amides is 4. The summed E-state index contributed by atoms with van der Waals surface area (Å²) in [6.07, 6.45) is 0.894. The van der Waals surface area contributed by atoms with Gasteiger partial charge in [0.15, 0.2) is 17.2 Å². The lowest BCUT2D eigenvalue weighted by atomic mass is 9.99. The Balaban J connectivity index is 0.000000162. The minimum absolute atomic E-state index is 0.0211. The van der Waals surface area contributed by atoms with Crippen LogP contribution in [0.25, 0.3) is 26.8 Å². The van der Waals surface area contributed by atoms with E-state index >= 15 is 0 Å². The summed E-state index contributed by atoms with van der Waals surface area (Å²) in [5, 5.41) is 9.93. The first-order chi connectivity index (χ1) is 50.4. The van der Waals surface area contributed by atoms with Gasteiger partial charge in [-0.2, -0.15) is 0 Å². The highest BCUT2D eigenvalue weighted by Gasteiger charge is 2.46. The van der Waals surface area contributed by atoms with Crippen LogP contribution in [-0.4, -0.2) is 91.7 Å². The van der Waals surface area contributed by atoms with Gasteiger partial charge < -0.3 is 42.6 Å². The zero-order chi connectivity index (χ0) is 71.9. The summed E-state index contributed by atoms with van der Waals surface area (Å²) in [6.45, 7) is 1.52. The SMILES string of the molecule is CCOC(=O)Oc1c2c(c(OC(c3ccccc3)c3ccccc3)c3ncccc13)C(=O)N(Cc1ccc(OC)cc1OC)C2=O.COc1ccc(CN2C(=O)c3c(c(OC(c4ccccc4)c4ccccc4)c4ncccc4c3OC)C2=O)c(OC)c1.N#[N+]C(c1ccccc1)c1ccccc1. The van der Waals surface area contributed by atoms with E-state index in [2.05, 4.69) is 14.9 Å². The first kappa shape index (κ1) is 69.5. The standard InChI is InChI=1S/C36H30N2O8.C34H28N2O6.C13H11N2/c1-4-44-36(41)46-32-26-16-11-19-37-30(26)33(45-31(22-12-7-5-8-13-22)23-14-9-6-10-15-23)29-28(32)34(39)38(35(29)40)21-24-17-18-25(42-2)20-27(24)43-3;1-39-24-17-16-23(26(19-24)40-2)20-36-33(37)27-28(34(36)38)32(29-25(31(27)41-3)15-10-18-35-29)42-30(21-11-6-4-7-12-21)22-13-8-5-9-14-22;14-15-13(11-7-3-1-4-8-11)12-9-5-2-6-10-12/h5-20,31H,4,21H2,1-3H3;4-19,30H,20H2,1-3H3;1-10,13H/q;;+1. The van der Waals surface area contributed by atoms with Crippen LogP contribution in [0.15, 0.2) is 255 Å². The molecule has 0 radical (unpaired) electrons. The Morgan fingerprint density at radius 1 is 0.408 bits per heavy atom. The van der Waals surface area contributed by atoms with Crippen LogP contribution < -0.4 is 37.9 Å². The van der Waals surface area contributed by atoms with Crippen molar-refractivity contribution in [2.75, 3.05) is 42.2 Å². The van der Waals surface area contributed by atoms with Crippen LogP contribution in [0.3, 0.4) is 0 Å². The van der Waals surface area contributed by atoms with Crippen molar-refractivity contribution >= 4 is 51.6 Å².